The first-order chi connectivity index (χ1) is 17.6. The lowest BCUT2D eigenvalue weighted by atomic mass is 9.72. The first-order valence-electron chi connectivity index (χ1n) is 11.8. The molecule has 0 spiro atoms. The Labute approximate surface area is 210 Å². The maximum absolute atomic E-state index is 13.1. The molecule has 9 heteroatoms. The predicted octanol–water partition coefficient (Wildman–Crippen LogP) is 3.49. The molecule has 0 aromatic heterocycles. The summed E-state index contributed by atoms with van der Waals surface area (Å²) in [6, 6.07) is 11.1. The van der Waals surface area contributed by atoms with E-state index in [1.165, 1.54) is 48.5 Å². The van der Waals surface area contributed by atoms with E-state index in [0.717, 1.165) is 0 Å². The fourth-order valence-electron chi connectivity index (χ4n) is 6.34. The largest absolute Gasteiger partial charge is 0.508 e. The van der Waals surface area contributed by atoms with Crippen LogP contribution in [0, 0.1) is 5.92 Å². The number of hydrogen-bond acceptors (Lipinski definition) is 9. The minimum absolute atomic E-state index is 0.0155. The van der Waals surface area contributed by atoms with Crippen LogP contribution in [0.4, 0.5) is 0 Å². The molecule has 0 radical (unpaired) electrons. The molecule has 9 nitrogen and oxygen atoms in total. The lowest BCUT2D eigenvalue weighted by molar-refractivity contribution is -0.115. The van der Waals surface area contributed by atoms with E-state index in [1.54, 1.807) is 6.07 Å². The standard InChI is InChI=1S/C28H24O9/c29-13-8-16-23-15(11-1-3-17(31)19(33)5-11)7-14(30)10-22-25(23)26(24(16)21(35)9-13)27(36)28(37-22)12-2-4-18(32)20(34)6-12/h1-6,8-10,15,23,25-29,31-36H,7H2/t15-,23+,25?,26+,27-,28+/m0/s1. The highest BCUT2D eigenvalue weighted by molar-refractivity contribution is 5.91. The van der Waals surface area contributed by atoms with E-state index in [9.17, 15) is 40.5 Å². The second-order valence-corrected chi connectivity index (χ2v) is 9.89. The smallest absolute Gasteiger partial charge is 0.159 e. The zero-order valence-electron chi connectivity index (χ0n) is 19.3. The number of aromatic hydroxyl groups is 6. The van der Waals surface area contributed by atoms with Crippen molar-refractivity contribution in [2.45, 2.75) is 36.4 Å². The summed E-state index contributed by atoms with van der Waals surface area (Å²) in [6.07, 6.45) is -0.859. The number of carbonyl (C=O) groups excluding carboxylic acids is 1. The predicted molar refractivity (Wildman–Crippen MR) is 129 cm³/mol. The Morgan fingerprint density at radius 1 is 0.703 bits per heavy atom. The molecule has 0 bridgehead atoms. The summed E-state index contributed by atoms with van der Waals surface area (Å²) in [5.41, 5.74) is 1.90. The molecule has 1 saturated heterocycles. The van der Waals surface area contributed by atoms with Gasteiger partial charge in [0.1, 0.15) is 29.5 Å². The zero-order valence-corrected chi connectivity index (χ0v) is 19.3. The maximum atomic E-state index is 13.1. The van der Waals surface area contributed by atoms with Gasteiger partial charge in [0.25, 0.3) is 0 Å². The Kier molecular flexibility index (Phi) is 5.03. The topological polar surface area (TPSA) is 168 Å². The normalized spacial score (nSPS) is 28.0. The molecule has 6 atom stereocenters. The monoisotopic (exact) mass is 504 g/mol. The van der Waals surface area contributed by atoms with Crippen LogP contribution < -0.4 is 0 Å². The number of rotatable bonds is 2. The Morgan fingerprint density at radius 3 is 2.03 bits per heavy atom. The highest BCUT2D eigenvalue weighted by Crippen LogP contribution is 2.64. The van der Waals surface area contributed by atoms with Gasteiger partial charge in [-0.05, 0) is 52.9 Å². The summed E-state index contributed by atoms with van der Waals surface area (Å²) < 4.78 is 6.21. The molecule has 1 unspecified atom stereocenters. The number of hydrogen-bond donors (Lipinski definition) is 7. The van der Waals surface area contributed by atoms with Crippen LogP contribution in [0.5, 0.6) is 34.5 Å². The summed E-state index contributed by atoms with van der Waals surface area (Å²) in [5.74, 6) is -4.12. The minimum atomic E-state index is -1.23. The van der Waals surface area contributed by atoms with Gasteiger partial charge in [0.05, 0.1) is 0 Å². The van der Waals surface area contributed by atoms with Crippen molar-refractivity contribution in [2.75, 3.05) is 0 Å². The number of ether oxygens (including phenoxy) is 1. The molecule has 37 heavy (non-hydrogen) atoms. The number of carbonyl (C=O) groups is 1. The second kappa shape index (κ2) is 8.07. The zero-order chi connectivity index (χ0) is 26.2. The minimum Gasteiger partial charge on any atom is -0.508 e. The van der Waals surface area contributed by atoms with E-state index >= 15 is 0 Å². The fourth-order valence-corrected chi connectivity index (χ4v) is 6.34. The van der Waals surface area contributed by atoms with Gasteiger partial charge >= 0.3 is 0 Å². The molecule has 7 N–H and O–H groups in total. The number of aliphatic hydroxyl groups excluding tert-OH is 1. The third-order valence-corrected chi connectivity index (χ3v) is 7.82. The van der Waals surface area contributed by atoms with Crippen molar-refractivity contribution in [3.05, 3.63) is 82.6 Å². The van der Waals surface area contributed by atoms with Crippen molar-refractivity contribution < 1.29 is 45.3 Å². The number of benzene rings is 3. The van der Waals surface area contributed by atoms with Crippen LogP contribution in [0.1, 0.15) is 52.5 Å². The SMILES string of the molecule is O=C1C=C2O[C@H](c3ccc(O)c(O)c3)[C@@H](O)[C@@H]3c4c(O)cc(O)cc4[C@H](C23)[C@H](c2ccc(O)c(O)c2)C1. The summed E-state index contributed by atoms with van der Waals surface area (Å²) in [4.78, 5) is 13.1. The van der Waals surface area contributed by atoms with Crippen molar-refractivity contribution in [3.63, 3.8) is 0 Å². The van der Waals surface area contributed by atoms with Crippen LogP contribution >= 0.6 is 0 Å². The summed E-state index contributed by atoms with van der Waals surface area (Å²) in [7, 11) is 0. The molecule has 6 rings (SSSR count). The van der Waals surface area contributed by atoms with Gasteiger partial charge in [0.15, 0.2) is 28.8 Å². The van der Waals surface area contributed by atoms with Gasteiger partial charge in [-0.3, -0.25) is 4.79 Å². The lowest BCUT2D eigenvalue weighted by Crippen LogP contribution is -2.38. The molecule has 3 aromatic rings. The molecular formula is C28H24O9. The van der Waals surface area contributed by atoms with Crippen LogP contribution in [-0.2, 0) is 9.53 Å². The average molecular weight is 504 g/mol. The first kappa shape index (κ1) is 23.1. The van der Waals surface area contributed by atoms with Gasteiger partial charge in [0.2, 0.25) is 0 Å². The highest BCUT2D eigenvalue weighted by atomic mass is 16.5. The third-order valence-electron chi connectivity index (χ3n) is 7.82. The van der Waals surface area contributed by atoms with Gasteiger partial charge in [0, 0.05) is 41.9 Å². The lowest BCUT2D eigenvalue weighted by Gasteiger charge is -2.41. The van der Waals surface area contributed by atoms with Crippen molar-refractivity contribution in [2.24, 2.45) is 5.92 Å². The summed E-state index contributed by atoms with van der Waals surface area (Å²) >= 11 is 0. The molecule has 3 aromatic carbocycles. The van der Waals surface area contributed by atoms with E-state index < -0.39 is 41.6 Å². The maximum Gasteiger partial charge on any atom is 0.159 e. The van der Waals surface area contributed by atoms with Crippen LogP contribution in [0.15, 0.2) is 60.4 Å². The Bertz CT molecular complexity index is 1480. The number of ketones is 1. The Morgan fingerprint density at radius 2 is 1.35 bits per heavy atom. The molecule has 1 fully saturated rings. The molecule has 190 valence electrons. The van der Waals surface area contributed by atoms with Crippen LogP contribution in [0.3, 0.4) is 0 Å². The quantitative estimate of drug-likeness (QED) is 0.258. The molecule has 0 saturated carbocycles. The van der Waals surface area contributed by atoms with Gasteiger partial charge in [-0.15, -0.1) is 0 Å². The van der Waals surface area contributed by atoms with Crippen molar-refractivity contribution in [3.8, 4) is 34.5 Å². The number of phenolic OH excluding ortho intramolecular Hbond substituents is 6. The van der Waals surface area contributed by atoms with Crippen LogP contribution in [0.25, 0.3) is 0 Å². The number of aliphatic hydroxyl groups is 1. The van der Waals surface area contributed by atoms with Crippen LogP contribution in [0.2, 0.25) is 0 Å². The van der Waals surface area contributed by atoms with Crippen LogP contribution in [-0.4, -0.2) is 47.6 Å². The molecule has 2 aliphatic carbocycles. The van der Waals surface area contributed by atoms with Gasteiger partial charge < -0.3 is 40.5 Å². The van der Waals surface area contributed by atoms with Gasteiger partial charge in [-0.2, -0.15) is 0 Å². The molecule has 1 aliphatic heterocycles. The summed E-state index contributed by atoms with van der Waals surface area (Å²) in [6.45, 7) is 0. The summed E-state index contributed by atoms with van der Waals surface area (Å²) in [5, 5.41) is 72.7. The van der Waals surface area contributed by atoms with E-state index in [-0.39, 0.29) is 41.0 Å². The van der Waals surface area contributed by atoms with Crippen molar-refractivity contribution >= 4 is 5.78 Å². The molecular weight excluding hydrogens is 480 g/mol. The Hall–Kier alpha value is -4.37. The number of phenols is 6. The van der Waals surface area contributed by atoms with Crippen molar-refractivity contribution in [1.29, 1.82) is 0 Å². The number of fused-ring (bicyclic) bond motifs is 3. The highest BCUT2D eigenvalue weighted by Gasteiger charge is 2.57. The Balaban J connectivity index is 1.55. The van der Waals surface area contributed by atoms with E-state index in [4.69, 9.17) is 4.74 Å². The second-order valence-electron chi connectivity index (χ2n) is 9.89. The van der Waals surface area contributed by atoms with Gasteiger partial charge in [-0.1, -0.05) is 12.1 Å². The third kappa shape index (κ3) is 3.46. The van der Waals surface area contributed by atoms with E-state index in [1.807, 2.05) is 0 Å². The van der Waals surface area contributed by atoms with Gasteiger partial charge in [-0.25, -0.2) is 0 Å². The number of allylic oxidation sites excluding steroid dienone is 2. The first-order valence-corrected chi connectivity index (χ1v) is 11.8. The molecule has 1 heterocycles. The average Bonchev–Trinajstić information content (AvgIpc) is 3.10. The van der Waals surface area contributed by atoms with Crippen molar-refractivity contribution in [1.82, 2.24) is 0 Å². The van der Waals surface area contributed by atoms with E-state index in [0.29, 0.717) is 28.0 Å². The molecule has 3 aliphatic rings. The fraction of sp³-hybridized carbons (Fsp3) is 0.250. The van der Waals surface area contributed by atoms with E-state index in [2.05, 4.69) is 0 Å². The molecule has 0 amide bonds.